The third kappa shape index (κ3) is 9.33. The van der Waals surface area contributed by atoms with Gasteiger partial charge < -0.3 is 20.3 Å². The average Bonchev–Trinajstić information content (AvgIpc) is 3.52. The predicted octanol–water partition coefficient (Wildman–Crippen LogP) is 5.74. The summed E-state index contributed by atoms with van der Waals surface area (Å²) in [5.74, 6) is -1.79. The zero-order valence-electron chi connectivity index (χ0n) is 28.0. The molecule has 52 heavy (non-hydrogen) atoms. The van der Waals surface area contributed by atoms with Crippen molar-refractivity contribution >= 4 is 45.4 Å². The molecule has 0 radical (unpaired) electrons. The van der Waals surface area contributed by atoms with Gasteiger partial charge in [-0.2, -0.15) is 13.2 Å². The molecule has 0 unspecified atom stereocenters. The van der Waals surface area contributed by atoms with E-state index in [2.05, 4.69) is 10.6 Å². The maximum Gasteiger partial charge on any atom is 0.416 e. The molecule has 1 aliphatic heterocycles. The highest BCUT2D eigenvalue weighted by atomic mass is 32.2. The maximum absolute atomic E-state index is 14.4. The number of benzene rings is 4. The van der Waals surface area contributed by atoms with Crippen LogP contribution in [-0.2, 0) is 43.5 Å². The van der Waals surface area contributed by atoms with Crippen LogP contribution in [-0.4, -0.2) is 58.2 Å². The lowest BCUT2D eigenvalue weighted by Gasteiger charge is -2.31. The van der Waals surface area contributed by atoms with Crippen molar-refractivity contribution in [3.05, 3.63) is 125 Å². The molecule has 1 aliphatic rings. The Balaban J connectivity index is 1.51. The van der Waals surface area contributed by atoms with Crippen LogP contribution in [0.25, 0.3) is 0 Å². The van der Waals surface area contributed by atoms with Crippen LogP contribution in [0.5, 0.6) is 0 Å². The molecule has 2 atom stereocenters. The number of sulfonamides is 1. The lowest BCUT2D eigenvalue weighted by Crippen LogP contribution is -2.50. The van der Waals surface area contributed by atoms with Gasteiger partial charge in [0.25, 0.3) is 12.4 Å². The molecule has 10 nitrogen and oxygen atoms in total. The number of para-hydroxylation sites is 1. The van der Waals surface area contributed by atoms with Crippen LogP contribution >= 0.6 is 0 Å². The Morgan fingerprint density at radius 3 is 2.35 bits per heavy atom. The second-order valence-corrected chi connectivity index (χ2v) is 14.0. The van der Waals surface area contributed by atoms with Crippen molar-refractivity contribution in [2.24, 2.45) is 0 Å². The fourth-order valence-electron chi connectivity index (χ4n) is 6.12. The highest BCUT2D eigenvalue weighted by Crippen LogP contribution is 2.41. The van der Waals surface area contributed by atoms with Crippen molar-refractivity contribution in [1.82, 2.24) is 10.6 Å². The number of nitrogens with one attached hydrogen (secondary N) is 2. The van der Waals surface area contributed by atoms with Crippen molar-refractivity contribution < 1.29 is 45.1 Å². The molecule has 0 aromatic heterocycles. The van der Waals surface area contributed by atoms with E-state index in [4.69, 9.17) is 4.74 Å². The maximum atomic E-state index is 14.4. The second-order valence-electron chi connectivity index (χ2n) is 12.2. The zero-order chi connectivity index (χ0) is 37.5. The first-order valence-corrected chi connectivity index (χ1v) is 18.1. The van der Waals surface area contributed by atoms with Crippen LogP contribution in [0.1, 0.15) is 39.9 Å². The largest absolute Gasteiger partial charge is 0.461 e. The van der Waals surface area contributed by atoms with Crippen LogP contribution in [0, 0.1) is 5.82 Å². The molecule has 4 aromatic carbocycles. The van der Waals surface area contributed by atoms with Crippen molar-refractivity contribution in [3.8, 4) is 0 Å². The SMILES string of the molecule is CS(=O)(=O)N(c1cccc(F)c1)c1cccc(C(=O)N[C@@H](Cc2ccccc2)[C@@H](CNCc2cccc(C(F)(F)F)c2)OC=O)c1N1CCCC1=O. The lowest BCUT2D eigenvalue weighted by atomic mass is 9.99. The van der Waals surface area contributed by atoms with Gasteiger partial charge in [0.1, 0.15) is 11.9 Å². The molecule has 0 aliphatic carbocycles. The van der Waals surface area contributed by atoms with E-state index in [9.17, 15) is 40.4 Å². The molecule has 2 amide bonds. The lowest BCUT2D eigenvalue weighted by molar-refractivity contribution is -0.137. The molecule has 5 rings (SSSR count). The van der Waals surface area contributed by atoms with Crippen molar-refractivity contribution in [1.29, 1.82) is 0 Å². The Morgan fingerprint density at radius 2 is 1.69 bits per heavy atom. The first-order valence-electron chi connectivity index (χ1n) is 16.3. The van der Waals surface area contributed by atoms with Gasteiger partial charge in [-0.25, -0.2) is 17.1 Å². The van der Waals surface area contributed by atoms with Crippen molar-refractivity contribution in [2.45, 2.75) is 44.1 Å². The number of halogens is 4. The summed E-state index contributed by atoms with van der Waals surface area (Å²) < 4.78 is 87.1. The first kappa shape index (κ1) is 38.0. The molecule has 1 fully saturated rings. The quantitative estimate of drug-likeness (QED) is 0.118. The molecule has 4 aromatic rings. The number of amides is 2. The van der Waals surface area contributed by atoms with Gasteiger partial charge in [-0.1, -0.05) is 60.7 Å². The highest BCUT2D eigenvalue weighted by Gasteiger charge is 2.35. The average molecular weight is 741 g/mol. The monoisotopic (exact) mass is 740 g/mol. The van der Waals surface area contributed by atoms with E-state index in [1.54, 1.807) is 30.3 Å². The standard InChI is InChI=1S/C37H36F4N4O6S/c1-52(49,50)45(29-14-6-13-28(38)21-29)32-16-7-15-30(35(32)44-18-8-17-34(44)47)36(48)43-31(20-25-9-3-2-4-10-25)33(51-24-46)23-42-22-26-11-5-12-27(19-26)37(39,40)41/h2-7,9-16,19,21,24,31,33,42H,8,17-18,20,22-23H2,1H3,(H,43,48)/t31-,33+/m0/s1. The summed E-state index contributed by atoms with van der Waals surface area (Å²) in [6.07, 6.45) is -3.91. The Labute approximate surface area is 298 Å². The number of hydrogen-bond donors (Lipinski definition) is 2. The minimum atomic E-state index is -4.53. The number of rotatable bonds is 15. The number of anilines is 3. The minimum absolute atomic E-state index is 0.00817. The number of nitrogens with zero attached hydrogens (tertiary/aromatic N) is 2. The molecule has 0 saturated carbocycles. The summed E-state index contributed by atoms with van der Waals surface area (Å²) in [6.45, 7) is 0.296. The van der Waals surface area contributed by atoms with Crippen LogP contribution in [0.4, 0.5) is 34.6 Å². The number of hydrogen-bond acceptors (Lipinski definition) is 7. The molecule has 274 valence electrons. The van der Waals surface area contributed by atoms with Crippen molar-refractivity contribution in [3.63, 3.8) is 0 Å². The van der Waals surface area contributed by atoms with E-state index in [-0.39, 0.29) is 67.5 Å². The Kier molecular flexibility index (Phi) is 12.0. The molecule has 15 heteroatoms. The van der Waals surface area contributed by atoms with E-state index < -0.39 is 45.6 Å². The van der Waals surface area contributed by atoms with Crippen LogP contribution in [0.2, 0.25) is 0 Å². The van der Waals surface area contributed by atoms with E-state index >= 15 is 0 Å². The van der Waals surface area contributed by atoms with Gasteiger partial charge in [-0.15, -0.1) is 0 Å². The van der Waals surface area contributed by atoms with Gasteiger partial charge in [0.15, 0.2) is 0 Å². The normalized spacial score (nSPS) is 14.5. The van der Waals surface area contributed by atoms with Crippen LogP contribution in [0.15, 0.2) is 97.1 Å². The summed E-state index contributed by atoms with van der Waals surface area (Å²) in [4.78, 5) is 40.6. The van der Waals surface area contributed by atoms with Gasteiger partial charge >= 0.3 is 6.18 Å². The van der Waals surface area contributed by atoms with Crippen LogP contribution in [0.3, 0.4) is 0 Å². The smallest absolute Gasteiger partial charge is 0.416 e. The Morgan fingerprint density at radius 1 is 0.981 bits per heavy atom. The fourth-order valence-corrected chi connectivity index (χ4v) is 7.12. The van der Waals surface area contributed by atoms with Gasteiger partial charge in [0.05, 0.1) is 40.5 Å². The van der Waals surface area contributed by atoms with Crippen LogP contribution < -0.4 is 19.8 Å². The van der Waals surface area contributed by atoms with E-state index in [0.29, 0.717) is 12.0 Å². The van der Waals surface area contributed by atoms with Crippen molar-refractivity contribution in [2.75, 3.05) is 28.6 Å². The third-order valence-electron chi connectivity index (χ3n) is 8.42. The van der Waals surface area contributed by atoms with Gasteiger partial charge in [-0.3, -0.25) is 14.4 Å². The number of carbonyl (C=O) groups is 3. The second kappa shape index (κ2) is 16.4. The summed E-state index contributed by atoms with van der Waals surface area (Å²) in [7, 11) is -4.16. The molecule has 2 N–H and O–H groups in total. The molecule has 0 spiro atoms. The number of alkyl halides is 3. The molecular formula is C37H36F4N4O6S. The number of ether oxygens (including phenoxy) is 1. The van der Waals surface area contributed by atoms with Gasteiger partial charge in [0.2, 0.25) is 15.9 Å². The summed E-state index contributed by atoms with van der Waals surface area (Å²) >= 11 is 0. The van der Waals surface area contributed by atoms with E-state index in [0.717, 1.165) is 40.4 Å². The third-order valence-corrected chi connectivity index (χ3v) is 9.49. The predicted molar refractivity (Wildman–Crippen MR) is 187 cm³/mol. The van der Waals surface area contributed by atoms with E-state index in [1.807, 2.05) is 0 Å². The van der Waals surface area contributed by atoms with Gasteiger partial charge in [0, 0.05) is 26.1 Å². The highest BCUT2D eigenvalue weighted by molar-refractivity contribution is 7.92. The minimum Gasteiger partial charge on any atom is -0.461 e. The topological polar surface area (TPSA) is 125 Å². The summed E-state index contributed by atoms with van der Waals surface area (Å²) in [5, 5.41) is 5.91. The fraction of sp³-hybridized carbons (Fsp3) is 0.270. The molecular weight excluding hydrogens is 704 g/mol. The molecule has 1 saturated heterocycles. The summed E-state index contributed by atoms with van der Waals surface area (Å²) in [5.41, 5.74) is 0.0733. The van der Waals surface area contributed by atoms with E-state index in [1.165, 1.54) is 47.4 Å². The van der Waals surface area contributed by atoms with Gasteiger partial charge in [-0.05, 0) is 60.4 Å². The summed E-state index contributed by atoms with van der Waals surface area (Å²) in [6, 6.07) is 22.0. The first-order chi connectivity index (χ1) is 24.8. The molecule has 1 heterocycles. The number of carbonyl (C=O) groups excluding carboxylic acids is 3. The Bertz CT molecular complexity index is 2010. The Hall–Kier alpha value is -5.28. The zero-order valence-corrected chi connectivity index (χ0v) is 28.8. The molecule has 0 bridgehead atoms.